The number of halogens is 2. The fourth-order valence-electron chi connectivity index (χ4n) is 7.08. The largest absolute Gasteiger partial charge is 0.368 e. The minimum Gasteiger partial charge on any atom is -0.368 e. The van der Waals surface area contributed by atoms with Crippen molar-refractivity contribution in [2.75, 3.05) is 71.4 Å². The lowest BCUT2D eigenvalue weighted by atomic mass is 9.70. The van der Waals surface area contributed by atoms with E-state index in [1.165, 1.54) is 0 Å². The van der Waals surface area contributed by atoms with Crippen LogP contribution in [0.15, 0.2) is 78.9 Å². The summed E-state index contributed by atoms with van der Waals surface area (Å²) in [5.74, 6) is 0.160. The van der Waals surface area contributed by atoms with Crippen LogP contribution in [0.3, 0.4) is 0 Å². The lowest BCUT2D eigenvalue weighted by Crippen LogP contribution is -2.49. The van der Waals surface area contributed by atoms with E-state index in [2.05, 4.69) is 44.3 Å². The van der Waals surface area contributed by atoms with Gasteiger partial charge in [-0.2, -0.15) is 0 Å². The highest BCUT2D eigenvalue weighted by atomic mass is 35.5. The highest BCUT2D eigenvalue weighted by molar-refractivity contribution is 6.43. The molecule has 2 aliphatic heterocycles. The Labute approximate surface area is 284 Å². The van der Waals surface area contributed by atoms with Crippen LogP contribution >= 0.6 is 23.2 Å². The second kappa shape index (κ2) is 16.1. The van der Waals surface area contributed by atoms with Crippen LogP contribution in [0.4, 0.5) is 5.69 Å². The van der Waals surface area contributed by atoms with E-state index in [-0.39, 0.29) is 17.9 Å². The predicted molar refractivity (Wildman–Crippen MR) is 189 cm³/mol. The summed E-state index contributed by atoms with van der Waals surface area (Å²) in [6.45, 7) is 7.02. The molecule has 2 heterocycles. The average Bonchev–Trinajstić information content (AvgIpc) is 3.56. The molecule has 0 unspecified atom stereocenters. The fourth-order valence-corrected chi connectivity index (χ4v) is 7.49. The number of hydrogen-bond donors (Lipinski definition) is 1. The molecule has 5 rings (SSSR count). The van der Waals surface area contributed by atoms with Gasteiger partial charge in [0.05, 0.1) is 21.8 Å². The second-order valence-corrected chi connectivity index (χ2v) is 13.5. The Hall–Kier alpha value is -3.10. The molecule has 2 fully saturated rings. The molecule has 2 amide bonds. The summed E-state index contributed by atoms with van der Waals surface area (Å²) in [4.78, 5) is 36.2. The van der Waals surface area contributed by atoms with Gasteiger partial charge in [0, 0.05) is 53.4 Å². The number of likely N-dealkylation sites (tertiary alicyclic amines) is 1. The van der Waals surface area contributed by atoms with Crippen LogP contribution < -0.4 is 10.2 Å². The van der Waals surface area contributed by atoms with Crippen molar-refractivity contribution in [1.29, 1.82) is 0 Å². The van der Waals surface area contributed by atoms with E-state index in [9.17, 15) is 9.59 Å². The lowest BCUT2D eigenvalue weighted by molar-refractivity contribution is -0.133. The third-order valence-electron chi connectivity index (χ3n) is 9.59. The van der Waals surface area contributed by atoms with E-state index in [1.54, 1.807) is 4.90 Å². The molecule has 0 bridgehead atoms. The van der Waals surface area contributed by atoms with Gasteiger partial charge in [0.2, 0.25) is 11.8 Å². The summed E-state index contributed by atoms with van der Waals surface area (Å²) in [5, 5.41) is 4.45. The van der Waals surface area contributed by atoms with E-state index in [4.69, 9.17) is 23.2 Å². The molecule has 1 N–H and O–H groups in total. The Morgan fingerprint density at radius 3 is 2.11 bits per heavy atom. The highest BCUT2D eigenvalue weighted by Gasteiger charge is 2.44. The summed E-state index contributed by atoms with van der Waals surface area (Å²) >= 11 is 12.7. The van der Waals surface area contributed by atoms with Crippen LogP contribution in [-0.2, 0) is 15.0 Å². The molecule has 9 heteroatoms. The molecule has 2 aliphatic rings. The van der Waals surface area contributed by atoms with E-state index in [1.807, 2.05) is 68.7 Å². The van der Waals surface area contributed by atoms with Gasteiger partial charge in [-0.05, 0) is 68.5 Å². The number of likely N-dealkylation sites (N-methyl/N-ethyl adjacent to an activating group) is 1. The van der Waals surface area contributed by atoms with Gasteiger partial charge in [0.25, 0.3) is 0 Å². The van der Waals surface area contributed by atoms with Gasteiger partial charge in [-0.25, -0.2) is 0 Å². The topological polar surface area (TPSA) is 59.1 Å². The molecular formula is C37H47Cl2N5O2. The normalized spacial score (nSPS) is 17.7. The van der Waals surface area contributed by atoms with Crippen LogP contribution in [-0.4, -0.2) is 99.0 Å². The molecule has 3 aromatic rings. The van der Waals surface area contributed by atoms with E-state index in [0.717, 1.165) is 81.8 Å². The minimum absolute atomic E-state index is 0.0553. The highest BCUT2D eigenvalue weighted by Crippen LogP contribution is 2.38. The van der Waals surface area contributed by atoms with Crippen molar-refractivity contribution < 1.29 is 9.59 Å². The monoisotopic (exact) mass is 663 g/mol. The average molecular weight is 665 g/mol. The second-order valence-electron chi connectivity index (χ2n) is 12.7. The Bertz CT molecular complexity index is 1390. The van der Waals surface area contributed by atoms with Crippen LogP contribution in [0, 0.1) is 0 Å². The number of hydrogen-bond acceptors (Lipinski definition) is 5. The fraction of sp³-hybridized carbons (Fsp3) is 0.459. The first kappa shape index (κ1) is 34.2. The molecule has 246 valence electrons. The van der Waals surface area contributed by atoms with E-state index >= 15 is 0 Å². The van der Waals surface area contributed by atoms with Gasteiger partial charge in [0.1, 0.15) is 5.41 Å². The van der Waals surface area contributed by atoms with Crippen molar-refractivity contribution in [2.45, 2.75) is 43.6 Å². The van der Waals surface area contributed by atoms with E-state index < -0.39 is 5.41 Å². The van der Waals surface area contributed by atoms with E-state index in [0.29, 0.717) is 29.6 Å². The first-order chi connectivity index (χ1) is 22.3. The van der Waals surface area contributed by atoms with Crippen molar-refractivity contribution in [3.8, 4) is 0 Å². The summed E-state index contributed by atoms with van der Waals surface area (Å²) in [6, 6.07) is 25.8. The van der Waals surface area contributed by atoms with Crippen LogP contribution in [0.5, 0.6) is 0 Å². The maximum Gasteiger partial charge on any atom is 0.237 e. The number of benzene rings is 3. The van der Waals surface area contributed by atoms with Crippen molar-refractivity contribution in [2.24, 2.45) is 0 Å². The smallest absolute Gasteiger partial charge is 0.237 e. The first-order valence-electron chi connectivity index (χ1n) is 16.6. The molecule has 3 aromatic carbocycles. The van der Waals surface area contributed by atoms with Gasteiger partial charge in [0.15, 0.2) is 0 Å². The molecule has 0 radical (unpaired) electrons. The Morgan fingerprint density at radius 1 is 0.826 bits per heavy atom. The maximum atomic E-state index is 14.0. The van der Waals surface area contributed by atoms with Gasteiger partial charge in [-0.1, -0.05) is 89.9 Å². The molecule has 2 saturated heterocycles. The number of amides is 2. The van der Waals surface area contributed by atoms with Crippen molar-refractivity contribution >= 4 is 40.7 Å². The third-order valence-corrected chi connectivity index (χ3v) is 10.4. The van der Waals surface area contributed by atoms with Crippen molar-refractivity contribution in [3.05, 3.63) is 100 Å². The maximum absolute atomic E-state index is 14.0. The van der Waals surface area contributed by atoms with Crippen molar-refractivity contribution in [3.63, 3.8) is 0 Å². The molecular weight excluding hydrogens is 617 g/mol. The molecule has 0 saturated carbocycles. The number of anilines is 1. The zero-order chi connectivity index (χ0) is 32.5. The minimum atomic E-state index is -0.832. The Kier molecular flexibility index (Phi) is 12.0. The summed E-state index contributed by atoms with van der Waals surface area (Å²) < 4.78 is 0. The Morgan fingerprint density at radius 2 is 1.48 bits per heavy atom. The predicted octanol–water partition coefficient (Wildman–Crippen LogP) is 5.94. The first-order valence-corrected chi connectivity index (χ1v) is 17.3. The Balaban J connectivity index is 1.12. The van der Waals surface area contributed by atoms with Crippen LogP contribution in [0.25, 0.3) is 0 Å². The van der Waals surface area contributed by atoms with Gasteiger partial charge >= 0.3 is 0 Å². The number of unbranched alkanes of at least 4 members (excludes halogenated alkanes) is 1. The van der Waals surface area contributed by atoms with Crippen LogP contribution in [0.2, 0.25) is 10.0 Å². The standard InChI is InChI=1S/C37H47Cl2N5O2/c1-41(2)36(46)37(29-13-5-3-6-14-29,30-15-7-4-8-16-30)20-24-43-23-12-19-33(43)35(45)40-21-9-10-22-42-25-27-44(28-26-42)32-18-11-17-31(38)34(32)39/h3-8,11,13-18,33H,9-10,12,19-28H2,1-2H3,(H,40,45)/t33-/m0/s1. The molecule has 0 aromatic heterocycles. The number of piperazine rings is 1. The summed E-state index contributed by atoms with van der Waals surface area (Å²) in [6.07, 6.45) is 4.41. The number of rotatable bonds is 13. The third kappa shape index (κ3) is 7.88. The SMILES string of the molecule is CN(C)C(=O)C(CCN1CCC[C@H]1C(=O)NCCCCN1CCN(c2cccc(Cl)c2Cl)CC1)(c1ccccc1)c1ccccc1. The van der Waals surface area contributed by atoms with Gasteiger partial charge < -0.3 is 15.1 Å². The number of carbonyl (C=O) groups is 2. The number of nitrogens with zero attached hydrogens (tertiary/aromatic N) is 4. The molecule has 0 aliphatic carbocycles. The van der Waals surface area contributed by atoms with Crippen molar-refractivity contribution in [1.82, 2.24) is 20.0 Å². The number of carbonyl (C=O) groups excluding carboxylic acids is 2. The summed E-state index contributed by atoms with van der Waals surface area (Å²) in [7, 11) is 3.65. The van der Waals surface area contributed by atoms with Gasteiger partial charge in [-0.15, -0.1) is 0 Å². The molecule has 0 spiro atoms. The number of nitrogens with one attached hydrogen (secondary N) is 1. The van der Waals surface area contributed by atoms with Gasteiger partial charge in [-0.3, -0.25) is 19.4 Å². The molecule has 1 atom stereocenters. The molecule has 7 nitrogen and oxygen atoms in total. The summed E-state index contributed by atoms with van der Waals surface area (Å²) in [5.41, 5.74) is 2.14. The quantitative estimate of drug-likeness (QED) is 0.230. The zero-order valence-corrected chi connectivity index (χ0v) is 28.6. The molecule has 46 heavy (non-hydrogen) atoms. The lowest BCUT2D eigenvalue weighted by Gasteiger charge is -2.38. The van der Waals surface area contributed by atoms with Crippen LogP contribution in [0.1, 0.15) is 43.2 Å². The zero-order valence-electron chi connectivity index (χ0n) is 27.1.